The first-order chi connectivity index (χ1) is 15.5. The van der Waals surface area contributed by atoms with E-state index in [0.717, 1.165) is 10.1 Å². The topological polar surface area (TPSA) is 99.4 Å². The van der Waals surface area contributed by atoms with Crippen molar-refractivity contribution in [1.82, 2.24) is 14.5 Å². The second-order valence-electron chi connectivity index (χ2n) is 7.48. The second-order valence-corrected chi connectivity index (χ2v) is 7.48. The van der Waals surface area contributed by atoms with Crippen LogP contribution in [0.3, 0.4) is 0 Å². The van der Waals surface area contributed by atoms with Gasteiger partial charge >= 0.3 is 11.2 Å². The quantitative estimate of drug-likeness (QED) is 0.463. The number of fused-ring (bicyclic) bond motifs is 3. The molecule has 0 radical (unpaired) electrons. The molecule has 0 atom stereocenters. The van der Waals surface area contributed by atoms with Crippen molar-refractivity contribution in [1.29, 1.82) is 0 Å². The Labute approximate surface area is 181 Å². The minimum absolute atomic E-state index is 0.0187. The standard InChI is InChI=1S/C24H19N3O5/c1-15-8-10-16(11-9-15)27-23(29)22-21(18-6-2-3-7-19(18)32-22)26(24(27)30)14-20(28)25-13-17-5-4-12-31-17/h2-12H,13-14H2,1H3,(H,25,28). The molecule has 5 rings (SSSR count). The van der Waals surface area contributed by atoms with Gasteiger partial charge in [-0.1, -0.05) is 29.8 Å². The van der Waals surface area contributed by atoms with Gasteiger partial charge in [0.25, 0.3) is 0 Å². The average Bonchev–Trinajstić information content (AvgIpc) is 3.45. The van der Waals surface area contributed by atoms with E-state index in [9.17, 15) is 14.4 Å². The normalized spacial score (nSPS) is 11.3. The minimum atomic E-state index is -0.619. The maximum atomic E-state index is 13.5. The van der Waals surface area contributed by atoms with Crippen molar-refractivity contribution in [2.24, 2.45) is 0 Å². The third-order valence-electron chi connectivity index (χ3n) is 5.29. The summed E-state index contributed by atoms with van der Waals surface area (Å²) in [5.74, 6) is 0.193. The number of nitrogens with zero attached hydrogens (tertiary/aromatic N) is 2. The molecule has 1 N–H and O–H groups in total. The number of aryl methyl sites for hydroxylation is 1. The van der Waals surface area contributed by atoms with Crippen molar-refractivity contribution in [2.75, 3.05) is 0 Å². The van der Waals surface area contributed by atoms with Crippen LogP contribution in [0.4, 0.5) is 0 Å². The van der Waals surface area contributed by atoms with Gasteiger partial charge in [0.1, 0.15) is 23.4 Å². The van der Waals surface area contributed by atoms with Crippen molar-refractivity contribution in [3.8, 4) is 5.69 Å². The van der Waals surface area contributed by atoms with Crippen LogP contribution in [-0.4, -0.2) is 15.0 Å². The highest BCUT2D eigenvalue weighted by Gasteiger charge is 2.22. The van der Waals surface area contributed by atoms with E-state index in [1.807, 2.05) is 19.1 Å². The fourth-order valence-corrected chi connectivity index (χ4v) is 3.72. The van der Waals surface area contributed by atoms with Gasteiger partial charge in [-0.15, -0.1) is 0 Å². The van der Waals surface area contributed by atoms with Gasteiger partial charge in [0.05, 0.1) is 18.5 Å². The lowest BCUT2D eigenvalue weighted by Crippen LogP contribution is -2.41. The summed E-state index contributed by atoms with van der Waals surface area (Å²) in [4.78, 5) is 39.5. The lowest BCUT2D eigenvalue weighted by Gasteiger charge is -2.12. The number of amides is 1. The van der Waals surface area contributed by atoms with E-state index >= 15 is 0 Å². The minimum Gasteiger partial charge on any atom is -0.467 e. The van der Waals surface area contributed by atoms with Gasteiger partial charge in [0.2, 0.25) is 11.5 Å². The Hall–Kier alpha value is -4.33. The Balaban J connectivity index is 1.68. The maximum absolute atomic E-state index is 13.5. The number of benzene rings is 2. The van der Waals surface area contributed by atoms with Gasteiger partial charge in [-0.2, -0.15) is 0 Å². The monoisotopic (exact) mass is 429 g/mol. The number of furan rings is 2. The number of carbonyl (C=O) groups excluding carboxylic acids is 1. The highest BCUT2D eigenvalue weighted by molar-refractivity contribution is 6.02. The molecule has 2 aromatic carbocycles. The first-order valence-corrected chi connectivity index (χ1v) is 10.1. The third-order valence-corrected chi connectivity index (χ3v) is 5.29. The molecule has 0 aliphatic carbocycles. The number of nitrogens with one attached hydrogen (secondary N) is 1. The zero-order chi connectivity index (χ0) is 22.2. The zero-order valence-electron chi connectivity index (χ0n) is 17.2. The van der Waals surface area contributed by atoms with Crippen molar-refractivity contribution < 1.29 is 13.6 Å². The summed E-state index contributed by atoms with van der Waals surface area (Å²) in [5.41, 5.74) is 0.980. The largest absolute Gasteiger partial charge is 0.467 e. The van der Waals surface area contributed by atoms with Crippen LogP contribution >= 0.6 is 0 Å². The van der Waals surface area contributed by atoms with Gasteiger partial charge < -0.3 is 14.2 Å². The lowest BCUT2D eigenvalue weighted by molar-refractivity contribution is -0.121. The zero-order valence-corrected chi connectivity index (χ0v) is 17.2. The van der Waals surface area contributed by atoms with E-state index in [0.29, 0.717) is 27.9 Å². The van der Waals surface area contributed by atoms with Gasteiger partial charge in [-0.05, 0) is 43.3 Å². The Bertz CT molecular complexity index is 1550. The van der Waals surface area contributed by atoms with Gasteiger partial charge in [-0.25, -0.2) is 9.36 Å². The van der Waals surface area contributed by atoms with Crippen LogP contribution < -0.4 is 16.6 Å². The van der Waals surface area contributed by atoms with Crippen LogP contribution in [0.2, 0.25) is 0 Å². The molecule has 0 aliphatic heterocycles. The molecule has 0 unspecified atom stereocenters. The summed E-state index contributed by atoms with van der Waals surface area (Å²) in [5, 5.41) is 3.33. The van der Waals surface area contributed by atoms with Crippen molar-refractivity contribution in [2.45, 2.75) is 20.0 Å². The second kappa shape index (κ2) is 7.73. The van der Waals surface area contributed by atoms with Crippen LogP contribution in [-0.2, 0) is 17.9 Å². The van der Waals surface area contributed by atoms with E-state index in [1.54, 1.807) is 48.5 Å². The molecule has 8 nitrogen and oxygen atoms in total. The van der Waals surface area contributed by atoms with E-state index in [4.69, 9.17) is 8.83 Å². The molecule has 0 saturated carbocycles. The maximum Gasteiger partial charge on any atom is 0.336 e. The van der Waals surface area contributed by atoms with E-state index in [1.165, 1.54) is 10.8 Å². The van der Waals surface area contributed by atoms with Gasteiger partial charge in [0.15, 0.2) is 0 Å². The van der Waals surface area contributed by atoms with Crippen LogP contribution in [0.25, 0.3) is 27.8 Å². The number of rotatable bonds is 5. The summed E-state index contributed by atoms with van der Waals surface area (Å²) < 4.78 is 13.4. The number of hydrogen-bond donors (Lipinski definition) is 1. The molecule has 0 bridgehead atoms. The molecule has 1 amide bonds. The summed E-state index contributed by atoms with van der Waals surface area (Å²) in [6.07, 6.45) is 1.52. The predicted octanol–water partition coefficient (Wildman–Crippen LogP) is 3.12. The number of para-hydroxylation sites is 1. The first-order valence-electron chi connectivity index (χ1n) is 10.1. The first kappa shape index (κ1) is 19.6. The SMILES string of the molecule is Cc1ccc(-n2c(=O)c3oc4ccccc4c3n(CC(=O)NCc3ccco3)c2=O)cc1. The molecule has 3 heterocycles. The average molecular weight is 429 g/mol. The highest BCUT2D eigenvalue weighted by atomic mass is 16.3. The fourth-order valence-electron chi connectivity index (χ4n) is 3.72. The molecule has 32 heavy (non-hydrogen) atoms. The smallest absolute Gasteiger partial charge is 0.336 e. The molecule has 5 aromatic rings. The Morgan fingerprint density at radius 3 is 2.53 bits per heavy atom. The molecule has 0 aliphatic rings. The fraction of sp³-hybridized carbons (Fsp3) is 0.125. The number of hydrogen-bond acceptors (Lipinski definition) is 5. The Morgan fingerprint density at radius 1 is 1.00 bits per heavy atom. The molecular formula is C24H19N3O5. The molecule has 0 fully saturated rings. The van der Waals surface area contributed by atoms with E-state index in [-0.39, 0.29) is 18.7 Å². The van der Waals surface area contributed by atoms with Crippen LogP contribution in [0.15, 0.2) is 85.4 Å². The summed E-state index contributed by atoms with van der Waals surface area (Å²) in [6.45, 7) is 1.82. The van der Waals surface area contributed by atoms with Gasteiger partial charge in [-0.3, -0.25) is 14.2 Å². The molecule has 3 aromatic heterocycles. The van der Waals surface area contributed by atoms with E-state index < -0.39 is 17.2 Å². The summed E-state index contributed by atoms with van der Waals surface area (Å²) in [6, 6.07) is 17.5. The summed E-state index contributed by atoms with van der Waals surface area (Å²) in [7, 11) is 0. The van der Waals surface area contributed by atoms with Crippen LogP contribution in [0.1, 0.15) is 11.3 Å². The van der Waals surface area contributed by atoms with Crippen molar-refractivity contribution >= 4 is 28.0 Å². The summed E-state index contributed by atoms with van der Waals surface area (Å²) >= 11 is 0. The van der Waals surface area contributed by atoms with E-state index in [2.05, 4.69) is 5.32 Å². The lowest BCUT2D eigenvalue weighted by atomic mass is 10.2. The van der Waals surface area contributed by atoms with Crippen molar-refractivity contribution in [3.05, 3.63) is 99.1 Å². The van der Waals surface area contributed by atoms with Crippen molar-refractivity contribution in [3.63, 3.8) is 0 Å². The molecule has 160 valence electrons. The predicted molar refractivity (Wildman–Crippen MR) is 119 cm³/mol. The van der Waals surface area contributed by atoms with Crippen LogP contribution in [0.5, 0.6) is 0 Å². The third kappa shape index (κ3) is 3.31. The molecular weight excluding hydrogens is 410 g/mol. The number of aromatic nitrogens is 2. The highest BCUT2D eigenvalue weighted by Crippen LogP contribution is 2.25. The molecule has 0 saturated heterocycles. The Kier molecular flexibility index (Phi) is 4.74. The number of carbonyl (C=O) groups is 1. The molecule has 8 heteroatoms. The molecule has 0 spiro atoms. The van der Waals surface area contributed by atoms with Crippen LogP contribution in [0, 0.1) is 6.92 Å². The van der Waals surface area contributed by atoms with Gasteiger partial charge in [0, 0.05) is 5.39 Å². The Morgan fingerprint density at radius 2 is 1.78 bits per heavy atom.